The van der Waals surface area contributed by atoms with E-state index in [1.165, 1.54) is 33.4 Å². The van der Waals surface area contributed by atoms with E-state index in [4.69, 9.17) is 0 Å². The van der Waals surface area contributed by atoms with Crippen molar-refractivity contribution < 1.29 is 5.11 Å². The second kappa shape index (κ2) is 9.44. The number of phenols is 1. The van der Waals surface area contributed by atoms with Crippen molar-refractivity contribution in [3.63, 3.8) is 0 Å². The summed E-state index contributed by atoms with van der Waals surface area (Å²) in [6.07, 6.45) is 0. The lowest BCUT2D eigenvalue weighted by Crippen LogP contribution is -2.13. The predicted octanol–water partition coefficient (Wildman–Crippen LogP) is 8.16. The number of hydrogen-bond donors (Lipinski definition) is 1. The largest absolute Gasteiger partial charge is 0.508 e. The molecule has 0 bridgehead atoms. The third-order valence-electron chi connectivity index (χ3n) is 6.91. The summed E-state index contributed by atoms with van der Waals surface area (Å²) in [5, 5.41) is 11.0. The number of benzene rings is 4. The summed E-state index contributed by atoms with van der Waals surface area (Å²) < 4.78 is 0. The minimum atomic E-state index is 0.172. The van der Waals surface area contributed by atoms with Gasteiger partial charge in [0.05, 0.1) is 0 Å². The van der Waals surface area contributed by atoms with Crippen LogP contribution in [0.25, 0.3) is 0 Å². The summed E-state index contributed by atoms with van der Waals surface area (Å²) >= 11 is 0. The molecular formula is C31H32O. The fourth-order valence-corrected chi connectivity index (χ4v) is 4.97. The molecule has 1 nitrogen and oxygen atoms in total. The van der Waals surface area contributed by atoms with Crippen LogP contribution in [-0.4, -0.2) is 5.11 Å². The molecule has 0 fully saturated rings. The van der Waals surface area contributed by atoms with Crippen molar-refractivity contribution in [3.05, 3.63) is 136 Å². The lowest BCUT2D eigenvalue weighted by atomic mass is 9.75. The molecule has 0 saturated carbocycles. The molecule has 0 radical (unpaired) electrons. The van der Waals surface area contributed by atoms with Crippen molar-refractivity contribution in [2.75, 3.05) is 0 Å². The first-order chi connectivity index (χ1) is 15.5. The van der Waals surface area contributed by atoms with Gasteiger partial charge in [-0.25, -0.2) is 0 Å². The van der Waals surface area contributed by atoms with Crippen LogP contribution < -0.4 is 0 Å². The van der Waals surface area contributed by atoms with Gasteiger partial charge in [0.25, 0.3) is 0 Å². The molecule has 3 atom stereocenters. The Kier molecular flexibility index (Phi) is 6.46. The number of phenolic OH excluding ortho intramolecular Hbond substituents is 1. The zero-order valence-electron chi connectivity index (χ0n) is 19.4. The summed E-state index contributed by atoms with van der Waals surface area (Å²) in [6, 6.07) is 33.9. The summed E-state index contributed by atoms with van der Waals surface area (Å²) in [6.45, 7) is 8.86. The SMILES string of the molecule is Cc1c(O)cc(C(C)c2ccccc2)c(C(C)c2ccccc2)c1C(C)c1ccccc1. The normalized spacial score (nSPS) is 14.0. The molecule has 0 aliphatic rings. The first kappa shape index (κ1) is 21.9. The van der Waals surface area contributed by atoms with Crippen LogP contribution in [-0.2, 0) is 0 Å². The lowest BCUT2D eigenvalue weighted by molar-refractivity contribution is 0.467. The van der Waals surface area contributed by atoms with E-state index in [0.29, 0.717) is 5.75 Å². The molecule has 0 aromatic heterocycles. The van der Waals surface area contributed by atoms with Gasteiger partial charge in [-0.1, -0.05) is 112 Å². The number of rotatable bonds is 6. The highest BCUT2D eigenvalue weighted by atomic mass is 16.3. The summed E-state index contributed by atoms with van der Waals surface area (Å²) in [5.74, 6) is 0.930. The van der Waals surface area contributed by atoms with Crippen LogP contribution in [0.3, 0.4) is 0 Å². The van der Waals surface area contributed by atoms with E-state index >= 15 is 0 Å². The Bertz CT molecular complexity index is 1160. The molecule has 0 amide bonds. The first-order valence-corrected chi connectivity index (χ1v) is 11.5. The molecule has 0 aliphatic carbocycles. The Morgan fingerprint density at radius 3 is 1.34 bits per heavy atom. The maximum Gasteiger partial charge on any atom is 0.119 e. The summed E-state index contributed by atoms with van der Waals surface area (Å²) in [5.41, 5.74) is 8.57. The van der Waals surface area contributed by atoms with Crippen molar-refractivity contribution in [1.29, 1.82) is 0 Å². The summed E-state index contributed by atoms with van der Waals surface area (Å²) in [4.78, 5) is 0. The number of aromatic hydroxyl groups is 1. The second-order valence-corrected chi connectivity index (χ2v) is 8.83. The molecule has 162 valence electrons. The molecule has 32 heavy (non-hydrogen) atoms. The fourth-order valence-electron chi connectivity index (χ4n) is 4.97. The molecule has 4 rings (SSSR count). The monoisotopic (exact) mass is 420 g/mol. The van der Waals surface area contributed by atoms with Crippen LogP contribution >= 0.6 is 0 Å². The molecule has 0 saturated heterocycles. The van der Waals surface area contributed by atoms with Gasteiger partial charge in [0, 0.05) is 17.8 Å². The van der Waals surface area contributed by atoms with Crippen molar-refractivity contribution in [1.82, 2.24) is 0 Å². The minimum Gasteiger partial charge on any atom is -0.508 e. The van der Waals surface area contributed by atoms with E-state index in [1.54, 1.807) is 0 Å². The maximum absolute atomic E-state index is 11.0. The van der Waals surface area contributed by atoms with Gasteiger partial charge >= 0.3 is 0 Å². The Hall–Kier alpha value is -3.32. The van der Waals surface area contributed by atoms with E-state index < -0.39 is 0 Å². The third kappa shape index (κ3) is 4.21. The van der Waals surface area contributed by atoms with Gasteiger partial charge in [-0.2, -0.15) is 0 Å². The molecule has 0 aliphatic heterocycles. The van der Waals surface area contributed by atoms with E-state index in [-0.39, 0.29) is 17.8 Å². The summed E-state index contributed by atoms with van der Waals surface area (Å²) in [7, 11) is 0. The van der Waals surface area contributed by atoms with Gasteiger partial charge in [-0.05, 0) is 51.9 Å². The standard InChI is InChI=1S/C31H32O/c1-21(25-14-8-5-9-15-25)28-20-29(32)24(4)30(22(2)26-16-10-6-11-17-26)31(28)23(3)27-18-12-7-13-19-27/h5-23,32H,1-4H3. The zero-order chi connectivity index (χ0) is 22.7. The zero-order valence-corrected chi connectivity index (χ0v) is 19.4. The van der Waals surface area contributed by atoms with Crippen LogP contribution in [0.15, 0.2) is 97.1 Å². The van der Waals surface area contributed by atoms with Crippen LogP contribution in [0.4, 0.5) is 0 Å². The highest BCUT2D eigenvalue weighted by molar-refractivity contribution is 5.57. The van der Waals surface area contributed by atoms with Crippen molar-refractivity contribution in [2.24, 2.45) is 0 Å². The van der Waals surface area contributed by atoms with Crippen molar-refractivity contribution in [3.8, 4) is 5.75 Å². The minimum absolute atomic E-state index is 0.172. The predicted molar refractivity (Wildman–Crippen MR) is 135 cm³/mol. The fraction of sp³-hybridized carbons (Fsp3) is 0.226. The van der Waals surface area contributed by atoms with Gasteiger partial charge in [-0.15, -0.1) is 0 Å². The molecule has 1 heteroatoms. The molecule has 0 spiro atoms. The second-order valence-electron chi connectivity index (χ2n) is 8.83. The van der Waals surface area contributed by atoms with Crippen LogP contribution in [0.5, 0.6) is 5.75 Å². The Morgan fingerprint density at radius 1 is 0.531 bits per heavy atom. The van der Waals surface area contributed by atoms with Crippen molar-refractivity contribution in [2.45, 2.75) is 45.4 Å². The molecule has 4 aromatic carbocycles. The Morgan fingerprint density at radius 2 is 0.906 bits per heavy atom. The third-order valence-corrected chi connectivity index (χ3v) is 6.91. The van der Waals surface area contributed by atoms with Gasteiger partial charge in [0.15, 0.2) is 0 Å². The van der Waals surface area contributed by atoms with Crippen LogP contribution in [0.1, 0.15) is 77.5 Å². The molecule has 1 N–H and O–H groups in total. The average molecular weight is 421 g/mol. The molecule has 0 heterocycles. The van der Waals surface area contributed by atoms with Crippen molar-refractivity contribution >= 4 is 0 Å². The van der Waals surface area contributed by atoms with Crippen LogP contribution in [0.2, 0.25) is 0 Å². The van der Waals surface area contributed by atoms with Gasteiger partial charge in [0.2, 0.25) is 0 Å². The maximum atomic E-state index is 11.0. The first-order valence-electron chi connectivity index (χ1n) is 11.5. The number of hydrogen-bond acceptors (Lipinski definition) is 1. The lowest BCUT2D eigenvalue weighted by Gasteiger charge is -2.30. The smallest absolute Gasteiger partial charge is 0.119 e. The van der Waals surface area contributed by atoms with Crippen LogP contribution in [0, 0.1) is 6.92 Å². The Labute approximate surface area is 192 Å². The molecule has 4 aromatic rings. The van der Waals surface area contributed by atoms with E-state index in [0.717, 1.165) is 5.56 Å². The quantitative estimate of drug-likeness (QED) is 0.333. The average Bonchev–Trinajstić information content (AvgIpc) is 2.85. The van der Waals surface area contributed by atoms with Gasteiger partial charge in [-0.3, -0.25) is 0 Å². The Balaban J connectivity index is 1.98. The highest BCUT2D eigenvalue weighted by Gasteiger charge is 2.27. The van der Waals surface area contributed by atoms with Gasteiger partial charge < -0.3 is 5.11 Å². The van der Waals surface area contributed by atoms with E-state index in [2.05, 4.69) is 119 Å². The van der Waals surface area contributed by atoms with E-state index in [9.17, 15) is 5.11 Å². The highest BCUT2D eigenvalue weighted by Crippen LogP contribution is 2.44. The van der Waals surface area contributed by atoms with Gasteiger partial charge in [0.1, 0.15) is 5.75 Å². The molecular weight excluding hydrogens is 388 g/mol. The molecule has 3 unspecified atom stereocenters. The topological polar surface area (TPSA) is 20.2 Å². The van der Waals surface area contributed by atoms with E-state index in [1.807, 2.05) is 6.07 Å².